The van der Waals surface area contributed by atoms with Gasteiger partial charge in [-0.1, -0.05) is 28.1 Å². The van der Waals surface area contributed by atoms with Crippen molar-refractivity contribution in [2.45, 2.75) is 6.04 Å². The normalized spacial score (nSPS) is 19.3. The average Bonchev–Trinajstić information content (AvgIpc) is 2.71. The standard InChI is InChI=1S/C13H13BrN4/c1-18-11(7-17-13(18)15)9-4-5-10(14)8-3-2-6-16-12(8)9/h2-6,11H,7H2,1H3,(H2,15,17). The van der Waals surface area contributed by atoms with Crippen molar-refractivity contribution in [2.75, 3.05) is 13.6 Å². The molecular weight excluding hydrogens is 292 g/mol. The molecule has 0 spiro atoms. The van der Waals surface area contributed by atoms with E-state index in [1.807, 2.05) is 24.2 Å². The Labute approximate surface area is 114 Å². The molecule has 0 fully saturated rings. The quantitative estimate of drug-likeness (QED) is 0.879. The average molecular weight is 305 g/mol. The molecule has 1 aliphatic heterocycles. The van der Waals surface area contributed by atoms with Crippen LogP contribution in [0, 0.1) is 0 Å². The molecular formula is C13H13BrN4. The van der Waals surface area contributed by atoms with Gasteiger partial charge in [0.15, 0.2) is 5.96 Å². The maximum Gasteiger partial charge on any atom is 0.191 e. The summed E-state index contributed by atoms with van der Waals surface area (Å²) in [5, 5.41) is 1.12. The molecule has 0 saturated heterocycles. The fourth-order valence-electron chi connectivity index (χ4n) is 2.31. The highest BCUT2D eigenvalue weighted by Crippen LogP contribution is 2.32. The predicted molar refractivity (Wildman–Crippen MR) is 76.4 cm³/mol. The van der Waals surface area contributed by atoms with E-state index in [2.05, 4.69) is 44.1 Å². The van der Waals surface area contributed by atoms with Crippen LogP contribution in [0.2, 0.25) is 0 Å². The Balaban J connectivity index is 2.17. The van der Waals surface area contributed by atoms with Crippen molar-refractivity contribution < 1.29 is 0 Å². The van der Waals surface area contributed by atoms with Gasteiger partial charge in [-0.05, 0) is 12.1 Å². The number of aromatic nitrogens is 1. The summed E-state index contributed by atoms with van der Waals surface area (Å²) in [6.45, 7) is 0.690. The van der Waals surface area contributed by atoms with Gasteiger partial charge in [-0.2, -0.15) is 0 Å². The number of benzene rings is 1. The van der Waals surface area contributed by atoms with E-state index in [1.54, 1.807) is 0 Å². The maximum absolute atomic E-state index is 5.83. The summed E-state index contributed by atoms with van der Waals surface area (Å²) < 4.78 is 1.06. The summed E-state index contributed by atoms with van der Waals surface area (Å²) in [6.07, 6.45) is 1.82. The van der Waals surface area contributed by atoms with Crippen LogP contribution in [-0.2, 0) is 0 Å². The molecule has 92 valence electrons. The number of nitrogens with zero attached hydrogens (tertiary/aromatic N) is 3. The fraction of sp³-hybridized carbons (Fsp3) is 0.231. The van der Waals surface area contributed by atoms with E-state index in [0.29, 0.717) is 12.5 Å². The third-order valence-electron chi connectivity index (χ3n) is 3.36. The summed E-state index contributed by atoms with van der Waals surface area (Å²) in [4.78, 5) is 10.8. The van der Waals surface area contributed by atoms with Gasteiger partial charge in [0.25, 0.3) is 0 Å². The molecule has 18 heavy (non-hydrogen) atoms. The Morgan fingerprint density at radius 3 is 2.94 bits per heavy atom. The number of guanidine groups is 1. The Kier molecular flexibility index (Phi) is 2.70. The van der Waals surface area contributed by atoms with Gasteiger partial charge in [0, 0.05) is 28.7 Å². The summed E-state index contributed by atoms with van der Waals surface area (Å²) in [5.74, 6) is 0.590. The highest BCUT2D eigenvalue weighted by atomic mass is 79.9. The number of halogens is 1. The van der Waals surface area contributed by atoms with E-state index in [1.165, 1.54) is 5.56 Å². The van der Waals surface area contributed by atoms with Crippen LogP contribution in [0.1, 0.15) is 11.6 Å². The van der Waals surface area contributed by atoms with E-state index in [0.717, 1.165) is 15.4 Å². The third-order valence-corrected chi connectivity index (χ3v) is 4.05. The van der Waals surface area contributed by atoms with Crippen LogP contribution in [0.3, 0.4) is 0 Å². The van der Waals surface area contributed by atoms with Gasteiger partial charge in [-0.3, -0.25) is 9.98 Å². The van der Waals surface area contributed by atoms with Crippen molar-refractivity contribution in [2.24, 2.45) is 10.7 Å². The summed E-state index contributed by atoms with van der Waals surface area (Å²) in [6, 6.07) is 8.33. The van der Waals surface area contributed by atoms with Crippen molar-refractivity contribution in [3.05, 3.63) is 40.5 Å². The lowest BCUT2D eigenvalue weighted by molar-refractivity contribution is 0.416. The van der Waals surface area contributed by atoms with Crippen LogP contribution in [-0.4, -0.2) is 29.4 Å². The Bertz CT molecular complexity index is 638. The van der Waals surface area contributed by atoms with Gasteiger partial charge in [0.1, 0.15) is 0 Å². The number of likely N-dealkylation sites (N-methyl/N-ethyl adjacent to an activating group) is 1. The van der Waals surface area contributed by atoms with Crippen molar-refractivity contribution in [3.63, 3.8) is 0 Å². The zero-order valence-electron chi connectivity index (χ0n) is 9.97. The molecule has 1 aliphatic rings. The van der Waals surface area contributed by atoms with Crippen LogP contribution in [0.15, 0.2) is 39.9 Å². The second-order valence-corrected chi connectivity index (χ2v) is 5.22. The highest BCUT2D eigenvalue weighted by molar-refractivity contribution is 9.10. The smallest absolute Gasteiger partial charge is 0.191 e. The van der Waals surface area contributed by atoms with Crippen LogP contribution in [0.5, 0.6) is 0 Å². The van der Waals surface area contributed by atoms with Crippen LogP contribution in [0.4, 0.5) is 0 Å². The van der Waals surface area contributed by atoms with Gasteiger partial charge < -0.3 is 10.6 Å². The largest absolute Gasteiger partial charge is 0.370 e. The molecule has 0 saturated carbocycles. The zero-order valence-corrected chi connectivity index (χ0v) is 11.6. The number of fused-ring (bicyclic) bond motifs is 1. The second kappa shape index (κ2) is 4.24. The number of hydrogen-bond acceptors (Lipinski definition) is 4. The Morgan fingerprint density at radius 1 is 1.39 bits per heavy atom. The van der Waals surface area contributed by atoms with Crippen LogP contribution >= 0.6 is 15.9 Å². The Morgan fingerprint density at radius 2 is 2.22 bits per heavy atom. The summed E-state index contributed by atoms with van der Waals surface area (Å²) in [7, 11) is 1.97. The lowest BCUT2D eigenvalue weighted by Crippen LogP contribution is -2.32. The monoisotopic (exact) mass is 304 g/mol. The van der Waals surface area contributed by atoms with E-state index in [9.17, 15) is 0 Å². The lowest BCUT2D eigenvalue weighted by Gasteiger charge is -2.22. The molecule has 0 radical (unpaired) electrons. The molecule has 2 N–H and O–H groups in total. The second-order valence-electron chi connectivity index (χ2n) is 4.36. The Hall–Kier alpha value is -1.62. The molecule has 0 aliphatic carbocycles. The van der Waals surface area contributed by atoms with Gasteiger partial charge in [-0.15, -0.1) is 0 Å². The molecule has 0 bridgehead atoms. The molecule has 1 unspecified atom stereocenters. The number of rotatable bonds is 1. The summed E-state index contributed by atoms with van der Waals surface area (Å²) >= 11 is 3.56. The number of pyridine rings is 1. The van der Waals surface area contributed by atoms with E-state index >= 15 is 0 Å². The third kappa shape index (κ3) is 1.66. The number of aliphatic imine (C=N–C) groups is 1. The van der Waals surface area contributed by atoms with E-state index < -0.39 is 0 Å². The molecule has 1 aromatic carbocycles. The topological polar surface area (TPSA) is 54.5 Å². The first-order chi connectivity index (χ1) is 8.68. The first-order valence-corrected chi connectivity index (χ1v) is 6.53. The molecule has 2 heterocycles. The SMILES string of the molecule is CN1C(N)=NCC1c1ccc(Br)c2cccnc12. The minimum Gasteiger partial charge on any atom is -0.370 e. The van der Waals surface area contributed by atoms with E-state index in [4.69, 9.17) is 5.73 Å². The molecule has 1 aromatic heterocycles. The molecule has 2 aromatic rings. The molecule has 5 heteroatoms. The highest BCUT2D eigenvalue weighted by Gasteiger charge is 2.26. The van der Waals surface area contributed by atoms with Gasteiger partial charge in [0.05, 0.1) is 18.1 Å². The molecule has 0 amide bonds. The predicted octanol–water partition coefficient (Wildman–Crippen LogP) is 2.30. The molecule has 3 rings (SSSR count). The van der Waals surface area contributed by atoms with Crippen molar-refractivity contribution >= 4 is 32.8 Å². The maximum atomic E-state index is 5.83. The van der Waals surface area contributed by atoms with Crippen molar-refractivity contribution in [3.8, 4) is 0 Å². The van der Waals surface area contributed by atoms with Gasteiger partial charge in [0.2, 0.25) is 0 Å². The van der Waals surface area contributed by atoms with Crippen molar-refractivity contribution in [1.82, 2.24) is 9.88 Å². The van der Waals surface area contributed by atoms with Crippen molar-refractivity contribution in [1.29, 1.82) is 0 Å². The van der Waals surface area contributed by atoms with Crippen LogP contribution in [0.25, 0.3) is 10.9 Å². The molecule has 1 atom stereocenters. The van der Waals surface area contributed by atoms with Crippen LogP contribution < -0.4 is 5.73 Å². The zero-order chi connectivity index (χ0) is 12.7. The fourth-order valence-corrected chi connectivity index (χ4v) is 2.76. The lowest BCUT2D eigenvalue weighted by atomic mass is 10.0. The first kappa shape index (κ1) is 11.5. The minimum absolute atomic E-state index is 0.176. The summed E-state index contributed by atoms with van der Waals surface area (Å²) in [5.41, 5.74) is 8.00. The molecule has 4 nitrogen and oxygen atoms in total. The van der Waals surface area contributed by atoms with Gasteiger partial charge >= 0.3 is 0 Å². The minimum atomic E-state index is 0.176. The number of nitrogens with two attached hydrogens (primary N) is 1. The van der Waals surface area contributed by atoms with Gasteiger partial charge in [-0.25, -0.2) is 0 Å². The van der Waals surface area contributed by atoms with E-state index in [-0.39, 0.29) is 6.04 Å². The first-order valence-electron chi connectivity index (χ1n) is 5.74. The number of hydrogen-bond donors (Lipinski definition) is 1.